The molecule has 0 saturated heterocycles. The third kappa shape index (κ3) is 1.64. The van der Waals surface area contributed by atoms with Crippen LogP contribution in [0.25, 0.3) is 5.69 Å². The van der Waals surface area contributed by atoms with Gasteiger partial charge in [-0.15, -0.1) is 10.2 Å². The second kappa shape index (κ2) is 3.79. The van der Waals surface area contributed by atoms with Gasteiger partial charge in [-0.25, -0.2) is 4.39 Å². The van der Waals surface area contributed by atoms with Crippen molar-refractivity contribution < 1.29 is 4.39 Å². The molecule has 0 bridgehead atoms. The smallest absolute Gasteiger partial charge is 0.162 e. The van der Waals surface area contributed by atoms with Gasteiger partial charge in [0.2, 0.25) is 0 Å². The quantitative estimate of drug-likeness (QED) is 0.857. The van der Waals surface area contributed by atoms with Gasteiger partial charge in [0.15, 0.2) is 5.82 Å². The first kappa shape index (κ1) is 12.1. The zero-order chi connectivity index (χ0) is 13.8. The van der Waals surface area contributed by atoms with E-state index in [0.29, 0.717) is 0 Å². The van der Waals surface area contributed by atoms with Gasteiger partial charge in [-0.05, 0) is 44.9 Å². The molecule has 19 heavy (non-hydrogen) atoms. The summed E-state index contributed by atoms with van der Waals surface area (Å²) in [7, 11) is 0. The van der Waals surface area contributed by atoms with Gasteiger partial charge >= 0.3 is 0 Å². The maximum Gasteiger partial charge on any atom is 0.162 e. The number of fused-ring (bicyclic) bond motifs is 3. The topological polar surface area (TPSA) is 42.7 Å². The van der Waals surface area contributed by atoms with Crippen LogP contribution in [0.5, 0.6) is 0 Å². The first-order chi connectivity index (χ1) is 8.94. The minimum atomic E-state index is -0.368. The van der Waals surface area contributed by atoms with Gasteiger partial charge in [0, 0.05) is 0 Å². The molecule has 0 atom stereocenters. The van der Waals surface area contributed by atoms with Gasteiger partial charge in [0.05, 0.1) is 16.9 Å². The first-order valence-electron chi connectivity index (χ1n) is 6.47. The summed E-state index contributed by atoms with van der Waals surface area (Å²) in [6, 6.07) is 3.13. The number of hydrogen-bond donors (Lipinski definition) is 1. The number of aryl methyl sites for hydroxylation is 2. The molecular formula is C14H17FN4. The Labute approximate surface area is 111 Å². The van der Waals surface area contributed by atoms with Crippen LogP contribution in [0.4, 0.5) is 10.1 Å². The Morgan fingerprint density at radius 1 is 1.32 bits per heavy atom. The summed E-state index contributed by atoms with van der Waals surface area (Å²) in [5.74, 6) is 1.47. The van der Waals surface area contributed by atoms with E-state index in [2.05, 4.69) is 15.5 Å². The fourth-order valence-electron chi connectivity index (χ4n) is 2.71. The van der Waals surface area contributed by atoms with Crippen molar-refractivity contribution in [2.45, 2.75) is 39.7 Å². The van der Waals surface area contributed by atoms with Crippen molar-refractivity contribution in [2.24, 2.45) is 0 Å². The van der Waals surface area contributed by atoms with Crippen LogP contribution in [0.15, 0.2) is 12.1 Å². The second-order valence-corrected chi connectivity index (χ2v) is 5.47. The van der Waals surface area contributed by atoms with Crippen LogP contribution in [0, 0.1) is 12.7 Å². The summed E-state index contributed by atoms with van der Waals surface area (Å²) < 4.78 is 15.7. The normalized spacial score (nSPS) is 15.6. The predicted octanol–water partition coefficient (Wildman–Crippen LogP) is 2.94. The van der Waals surface area contributed by atoms with Crippen molar-refractivity contribution in [3.05, 3.63) is 35.2 Å². The van der Waals surface area contributed by atoms with Crippen molar-refractivity contribution in [3.8, 4) is 5.69 Å². The Morgan fingerprint density at radius 3 is 2.74 bits per heavy atom. The molecule has 0 saturated carbocycles. The predicted molar refractivity (Wildman–Crippen MR) is 72.1 cm³/mol. The molecule has 3 rings (SSSR count). The molecule has 2 aromatic rings. The number of hydrogen-bond acceptors (Lipinski definition) is 3. The van der Waals surface area contributed by atoms with Crippen LogP contribution in [0.3, 0.4) is 0 Å². The van der Waals surface area contributed by atoms with Crippen molar-refractivity contribution in [2.75, 3.05) is 5.32 Å². The average Bonchev–Trinajstić information content (AvgIpc) is 2.70. The number of nitrogens with zero attached hydrogens (tertiary/aromatic N) is 3. The Morgan fingerprint density at radius 2 is 2.05 bits per heavy atom. The highest BCUT2D eigenvalue weighted by Gasteiger charge is 2.35. The molecular weight excluding hydrogens is 243 g/mol. The highest BCUT2D eigenvalue weighted by atomic mass is 19.1. The van der Waals surface area contributed by atoms with Crippen LogP contribution in [-0.2, 0) is 12.0 Å². The molecule has 100 valence electrons. The average molecular weight is 260 g/mol. The Bertz CT molecular complexity index is 658. The maximum absolute atomic E-state index is 13.7. The molecule has 0 radical (unpaired) electrons. The lowest BCUT2D eigenvalue weighted by Crippen LogP contribution is -2.36. The van der Waals surface area contributed by atoms with E-state index in [1.54, 1.807) is 12.1 Å². The number of benzene rings is 1. The summed E-state index contributed by atoms with van der Waals surface area (Å²) >= 11 is 0. The fraction of sp³-hybridized carbons (Fsp3) is 0.429. The molecule has 1 aliphatic rings. The maximum atomic E-state index is 13.7. The Kier molecular flexibility index (Phi) is 2.42. The van der Waals surface area contributed by atoms with E-state index in [-0.39, 0.29) is 11.4 Å². The highest BCUT2D eigenvalue weighted by molar-refractivity contribution is 5.69. The summed E-state index contributed by atoms with van der Waals surface area (Å²) in [4.78, 5) is 0. The molecule has 0 aliphatic carbocycles. The van der Waals surface area contributed by atoms with Crippen LogP contribution in [-0.4, -0.2) is 14.8 Å². The summed E-state index contributed by atoms with van der Waals surface area (Å²) in [5, 5.41) is 11.8. The molecule has 0 spiro atoms. The van der Waals surface area contributed by atoms with Crippen LogP contribution in [0.1, 0.15) is 38.0 Å². The molecule has 1 aromatic carbocycles. The first-order valence-corrected chi connectivity index (χ1v) is 6.47. The largest absolute Gasteiger partial charge is 0.371 e. The summed E-state index contributed by atoms with van der Waals surface area (Å²) in [5.41, 5.74) is 2.37. The molecule has 1 N–H and O–H groups in total. The van der Waals surface area contributed by atoms with Gasteiger partial charge < -0.3 is 5.32 Å². The van der Waals surface area contributed by atoms with E-state index < -0.39 is 0 Å². The molecule has 0 unspecified atom stereocenters. The third-order valence-electron chi connectivity index (χ3n) is 3.59. The lowest BCUT2D eigenvalue weighted by molar-refractivity contribution is 0.531. The van der Waals surface area contributed by atoms with Gasteiger partial charge in [0.1, 0.15) is 11.6 Å². The fourth-order valence-corrected chi connectivity index (χ4v) is 2.71. The van der Waals surface area contributed by atoms with E-state index in [0.717, 1.165) is 35.0 Å². The van der Waals surface area contributed by atoms with E-state index in [1.165, 1.54) is 0 Å². The van der Waals surface area contributed by atoms with Gasteiger partial charge in [0.25, 0.3) is 0 Å². The van der Waals surface area contributed by atoms with E-state index in [9.17, 15) is 4.39 Å². The lowest BCUT2D eigenvalue weighted by Gasteiger charge is -2.34. The minimum Gasteiger partial charge on any atom is -0.371 e. The number of nitrogens with one attached hydrogen (secondary N) is 1. The number of halogens is 1. The minimum absolute atomic E-state index is 0.215. The van der Waals surface area contributed by atoms with Crippen molar-refractivity contribution >= 4 is 5.69 Å². The molecule has 0 amide bonds. The van der Waals surface area contributed by atoms with E-state index >= 15 is 0 Å². The zero-order valence-corrected chi connectivity index (χ0v) is 11.6. The number of rotatable bonds is 1. The zero-order valence-electron chi connectivity index (χ0n) is 11.6. The number of anilines is 1. The van der Waals surface area contributed by atoms with Crippen molar-refractivity contribution in [1.82, 2.24) is 14.8 Å². The molecule has 1 aliphatic heterocycles. The van der Waals surface area contributed by atoms with Crippen molar-refractivity contribution in [3.63, 3.8) is 0 Å². The lowest BCUT2D eigenvalue weighted by atomic mass is 9.97. The van der Waals surface area contributed by atoms with Gasteiger partial charge in [-0.3, -0.25) is 4.57 Å². The second-order valence-electron chi connectivity index (χ2n) is 5.47. The van der Waals surface area contributed by atoms with Gasteiger partial charge in [-0.1, -0.05) is 6.92 Å². The molecule has 4 nitrogen and oxygen atoms in total. The van der Waals surface area contributed by atoms with Crippen LogP contribution < -0.4 is 5.32 Å². The standard InChI is InChI=1S/C14H17FN4/c1-5-9-6-10(15)7-11-12(9)19-8(2)17-18-13(19)14(3,4)16-11/h6-7,16H,5H2,1-4H3. The van der Waals surface area contributed by atoms with E-state index in [4.69, 9.17) is 0 Å². The number of aromatic nitrogens is 3. The monoisotopic (exact) mass is 260 g/mol. The SMILES string of the molecule is CCc1cc(F)cc2c1-n1c(C)nnc1C(C)(C)N2. The molecule has 2 heterocycles. The van der Waals surface area contributed by atoms with Gasteiger partial charge in [-0.2, -0.15) is 0 Å². The Balaban J connectivity index is 2.38. The molecule has 0 fully saturated rings. The van der Waals surface area contributed by atoms with Crippen molar-refractivity contribution in [1.29, 1.82) is 0 Å². The summed E-state index contributed by atoms with van der Waals surface area (Å²) in [6.45, 7) is 7.98. The highest BCUT2D eigenvalue weighted by Crippen LogP contribution is 2.38. The van der Waals surface area contributed by atoms with E-state index in [1.807, 2.05) is 32.3 Å². The molecule has 5 heteroatoms. The Hall–Kier alpha value is -1.91. The molecule has 1 aromatic heterocycles. The summed E-state index contributed by atoms with van der Waals surface area (Å²) in [6.07, 6.45) is 0.763. The third-order valence-corrected chi connectivity index (χ3v) is 3.59. The van der Waals surface area contributed by atoms with Crippen LogP contribution >= 0.6 is 0 Å². The van der Waals surface area contributed by atoms with Crippen LogP contribution in [0.2, 0.25) is 0 Å².